The van der Waals surface area contributed by atoms with Gasteiger partial charge in [0.1, 0.15) is 12.6 Å². The molecule has 0 unspecified atom stereocenters. The van der Waals surface area contributed by atoms with Gasteiger partial charge in [0, 0.05) is 10.8 Å². The molecule has 26 heavy (non-hydrogen) atoms. The standard InChI is InChI=1S/C18H16Cl2N2O3S/c19-13-6-7-15(14(20)8-13)21-17(23)16-10-26-11-22(16)18(24)25-9-12-4-2-1-3-5-12/h1-8,16H,9-11H2,(H,21,23)/t16-/m0/s1. The number of halogens is 2. The van der Waals surface area contributed by atoms with E-state index in [0.717, 1.165) is 5.56 Å². The number of hydrogen-bond donors (Lipinski definition) is 1. The van der Waals surface area contributed by atoms with Crippen LogP contribution in [0.5, 0.6) is 0 Å². The summed E-state index contributed by atoms with van der Waals surface area (Å²) in [6, 6.07) is 13.6. The Morgan fingerprint density at radius 1 is 1.19 bits per heavy atom. The molecule has 1 N–H and O–H groups in total. The van der Waals surface area contributed by atoms with E-state index in [4.69, 9.17) is 27.9 Å². The number of nitrogens with zero attached hydrogens (tertiary/aromatic N) is 1. The summed E-state index contributed by atoms with van der Waals surface area (Å²) in [7, 11) is 0. The third kappa shape index (κ3) is 4.63. The quantitative estimate of drug-likeness (QED) is 0.796. The summed E-state index contributed by atoms with van der Waals surface area (Å²) in [5.41, 5.74) is 1.34. The predicted molar refractivity (Wildman–Crippen MR) is 105 cm³/mol. The molecule has 0 aromatic heterocycles. The molecule has 1 fully saturated rings. The molecule has 3 rings (SSSR count). The van der Waals surface area contributed by atoms with Gasteiger partial charge in [0.05, 0.1) is 16.6 Å². The van der Waals surface area contributed by atoms with E-state index < -0.39 is 12.1 Å². The van der Waals surface area contributed by atoms with E-state index in [1.54, 1.807) is 18.2 Å². The van der Waals surface area contributed by atoms with E-state index in [0.29, 0.717) is 27.4 Å². The van der Waals surface area contributed by atoms with Crippen molar-refractivity contribution in [3.8, 4) is 0 Å². The molecule has 1 saturated heterocycles. The van der Waals surface area contributed by atoms with Crippen LogP contribution >= 0.6 is 35.0 Å². The highest BCUT2D eigenvalue weighted by Gasteiger charge is 2.36. The minimum atomic E-state index is -0.616. The van der Waals surface area contributed by atoms with Crippen LogP contribution in [0.1, 0.15) is 5.56 Å². The molecule has 5 nitrogen and oxygen atoms in total. The minimum absolute atomic E-state index is 0.165. The maximum Gasteiger partial charge on any atom is 0.411 e. The lowest BCUT2D eigenvalue weighted by Gasteiger charge is -2.22. The molecule has 0 radical (unpaired) electrons. The fourth-order valence-electron chi connectivity index (χ4n) is 2.45. The molecule has 0 spiro atoms. The van der Waals surface area contributed by atoms with Crippen molar-refractivity contribution in [2.75, 3.05) is 16.9 Å². The van der Waals surface area contributed by atoms with Gasteiger partial charge in [-0.25, -0.2) is 4.79 Å². The summed E-state index contributed by atoms with van der Waals surface area (Å²) >= 11 is 13.4. The molecule has 2 aromatic carbocycles. The highest BCUT2D eigenvalue weighted by Crippen LogP contribution is 2.28. The lowest BCUT2D eigenvalue weighted by Crippen LogP contribution is -2.44. The molecule has 2 aromatic rings. The van der Waals surface area contributed by atoms with E-state index in [1.807, 2.05) is 30.3 Å². The number of benzene rings is 2. The summed E-state index contributed by atoms with van der Waals surface area (Å²) < 4.78 is 5.33. The second-order valence-electron chi connectivity index (χ2n) is 5.64. The Bertz CT molecular complexity index is 804. The van der Waals surface area contributed by atoms with Gasteiger partial charge in [0.2, 0.25) is 5.91 Å². The molecule has 2 amide bonds. The van der Waals surface area contributed by atoms with Crippen LogP contribution in [0.2, 0.25) is 10.0 Å². The summed E-state index contributed by atoms with van der Waals surface area (Å²) in [4.78, 5) is 26.4. The third-order valence-corrected chi connectivity index (χ3v) is 5.37. The Morgan fingerprint density at radius 2 is 1.96 bits per heavy atom. The first-order valence-electron chi connectivity index (χ1n) is 7.85. The van der Waals surface area contributed by atoms with Crippen LogP contribution in [-0.2, 0) is 16.1 Å². The maximum absolute atomic E-state index is 12.6. The second-order valence-corrected chi connectivity index (χ2v) is 7.48. The van der Waals surface area contributed by atoms with Gasteiger partial charge in [-0.05, 0) is 23.8 Å². The maximum atomic E-state index is 12.6. The fraction of sp³-hybridized carbons (Fsp3) is 0.222. The van der Waals surface area contributed by atoms with Crippen LogP contribution in [-0.4, -0.2) is 34.6 Å². The van der Waals surface area contributed by atoms with Gasteiger partial charge in [-0.3, -0.25) is 9.69 Å². The lowest BCUT2D eigenvalue weighted by molar-refractivity contribution is -0.119. The monoisotopic (exact) mass is 410 g/mol. The number of carbonyl (C=O) groups excluding carboxylic acids is 2. The highest BCUT2D eigenvalue weighted by molar-refractivity contribution is 7.99. The van der Waals surface area contributed by atoms with Crippen molar-refractivity contribution in [2.45, 2.75) is 12.6 Å². The van der Waals surface area contributed by atoms with Crippen LogP contribution in [0.15, 0.2) is 48.5 Å². The zero-order valence-corrected chi connectivity index (χ0v) is 16.0. The van der Waals surface area contributed by atoms with E-state index >= 15 is 0 Å². The number of carbonyl (C=O) groups is 2. The van der Waals surface area contributed by atoms with Gasteiger partial charge in [0.25, 0.3) is 0 Å². The molecule has 136 valence electrons. The Morgan fingerprint density at radius 3 is 2.69 bits per heavy atom. The van der Waals surface area contributed by atoms with Crippen LogP contribution in [0.3, 0.4) is 0 Å². The highest BCUT2D eigenvalue weighted by atomic mass is 35.5. The fourth-order valence-corrected chi connectivity index (χ4v) is 4.05. The van der Waals surface area contributed by atoms with Crippen molar-refractivity contribution in [1.82, 2.24) is 4.90 Å². The van der Waals surface area contributed by atoms with Crippen LogP contribution in [0.4, 0.5) is 10.5 Å². The molecular formula is C18H16Cl2N2O3S. The molecule has 1 atom stereocenters. The lowest BCUT2D eigenvalue weighted by atomic mass is 10.2. The van der Waals surface area contributed by atoms with Crippen LogP contribution in [0.25, 0.3) is 0 Å². The minimum Gasteiger partial charge on any atom is -0.445 e. The van der Waals surface area contributed by atoms with Gasteiger partial charge in [0.15, 0.2) is 0 Å². The van der Waals surface area contributed by atoms with E-state index in [9.17, 15) is 9.59 Å². The zero-order chi connectivity index (χ0) is 18.5. The Labute approximate surface area is 165 Å². The van der Waals surface area contributed by atoms with Crippen LogP contribution in [0, 0.1) is 0 Å². The largest absolute Gasteiger partial charge is 0.445 e. The number of anilines is 1. The molecule has 1 heterocycles. The second kappa shape index (κ2) is 8.66. The number of ether oxygens (including phenoxy) is 1. The SMILES string of the molecule is O=C(Nc1ccc(Cl)cc1Cl)[C@@H]1CSCN1C(=O)OCc1ccccc1. The summed E-state index contributed by atoms with van der Waals surface area (Å²) in [5.74, 6) is 0.591. The number of thioether (sulfide) groups is 1. The normalized spacial score (nSPS) is 16.4. The first kappa shape index (κ1) is 18.9. The average molecular weight is 411 g/mol. The average Bonchev–Trinajstić information content (AvgIpc) is 3.13. The van der Waals surface area contributed by atoms with Crippen molar-refractivity contribution in [2.24, 2.45) is 0 Å². The van der Waals surface area contributed by atoms with Gasteiger partial charge in [-0.15, -0.1) is 11.8 Å². The van der Waals surface area contributed by atoms with Crippen molar-refractivity contribution in [1.29, 1.82) is 0 Å². The molecule has 0 bridgehead atoms. The van der Waals surface area contributed by atoms with Crippen LogP contribution < -0.4 is 5.32 Å². The number of amides is 2. The molecular weight excluding hydrogens is 395 g/mol. The Balaban J connectivity index is 1.61. The smallest absolute Gasteiger partial charge is 0.411 e. The Kier molecular flexibility index (Phi) is 6.29. The molecule has 1 aliphatic heterocycles. The van der Waals surface area contributed by atoms with E-state index in [2.05, 4.69) is 5.32 Å². The van der Waals surface area contributed by atoms with E-state index in [-0.39, 0.29) is 12.5 Å². The van der Waals surface area contributed by atoms with Crippen molar-refractivity contribution in [3.63, 3.8) is 0 Å². The number of hydrogen-bond acceptors (Lipinski definition) is 4. The molecule has 8 heteroatoms. The van der Waals surface area contributed by atoms with Gasteiger partial charge in [-0.2, -0.15) is 0 Å². The van der Waals surface area contributed by atoms with Gasteiger partial charge in [-0.1, -0.05) is 53.5 Å². The van der Waals surface area contributed by atoms with E-state index in [1.165, 1.54) is 16.7 Å². The third-order valence-electron chi connectivity index (χ3n) is 3.81. The first-order chi connectivity index (χ1) is 12.5. The summed E-state index contributed by atoms with van der Waals surface area (Å²) in [6.07, 6.45) is -0.513. The molecule has 1 aliphatic rings. The van der Waals surface area contributed by atoms with Gasteiger partial charge < -0.3 is 10.1 Å². The predicted octanol–water partition coefficient (Wildman–Crippen LogP) is 4.64. The first-order valence-corrected chi connectivity index (χ1v) is 9.76. The molecule has 0 saturated carbocycles. The van der Waals surface area contributed by atoms with Crippen molar-refractivity contribution < 1.29 is 14.3 Å². The molecule has 0 aliphatic carbocycles. The van der Waals surface area contributed by atoms with Crippen molar-refractivity contribution in [3.05, 3.63) is 64.1 Å². The van der Waals surface area contributed by atoms with Gasteiger partial charge >= 0.3 is 6.09 Å². The summed E-state index contributed by atoms with van der Waals surface area (Å²) in [5, 5.41) is 3.57. The Hall–Kier alpha value is -1.89. The number of rotatable bonds is 4. The van der Waals surface area contributed by atoms with Crippen molar-refractivity contribution >= 4 is 52.7 Å². The zero-order valence-electron chi connectivity index (χ0n) is 13.7. The number of nitrogens with one attached hydrogen (secondary N) is 1. The topological polar surface area (TPSA) is 58.6 Å². The summed E-state index contributed by atoms with van der Waals surface area (Å²) in [6.45, 7) is 0.165.